The molecule has 2 rings (SSSR count). The molecule has 3 unspecified atom stereocenters. The van der Waals surface area contributed by atoms with Gasteiger partial charge in [0, 0.05) is 6.04 Å². The highest BCUT2D eigenvalue weighted by Gasteiger charge is 2.28. The predicted octanol–water partition coefficient (Wildman–Crippen LogP) is 3.95. The van der Waals surface area contributed by atoms with Crippen molar-refractivity contribution in [2.45, 2.75) is 52.5 Å². The van der Waals surface area contributed by atoms with Crippen molar-refractivity contribution >= 4 is 0 Å². The Morgan fingerprint density at radius 2 is 2.06 bits per heavy atom. The number of benzene rings is 1. The first-order valence-corrected chi connectivity index (χ1v) is 7.48. The van der Waals surface area contributed by atoms with E-state index in [4.69, 9.17) is 0 Å². The van der Waals surface area contributed by atoms with Gasteiger partial charge in [0.05, 0.1) is 0 Å². The third kappa shape index (κ3) is 3.35. The van der Waals surface area contributed by atoms with Gasteiger partial charge >= 0.3 is 0 Å². The molecule has 1 nitrogen and oxygen atoms in total. The molecule has 1 fully saturated rings. The lowest BCUT2D eigenvalue weighted by molar-refractivity contribution is 0.353. The highest BCUT2D eigenvalue weighted by molar-refractivity contribution is 5.26. The van der Waals surface area contributed by atoms with Crippen molar-refractivity contribution in [3.63, 3.8) is 0 Å². The minimum Gasteiger partial charge on any atom is -0.314 e. The zero-order valence-corrected chi connectivity index (χ0v) is 12.1. The third-order valence-electron chi connectivity index (χ3n) is 4.47. The molecule has 1 aromatic rings. The van der Waals surface area contributed by atoms with Gasteiger partial charge in [-0.25, -0.2) is 0 Å². The number of hydrogen-bond donors (Lipinski definition) is 1. The maximum Gasteiger partial charge on any atom is 0.0136 e. The molecule has 1 N–H and O–H groups in total. The molecule has 0 saturated heterocycles. The van der Waals surface area contributed by atoms with Gasteiger partial charge in [-0.15, -0.1) is 0 Å². The first-order valence-electron chi connectivity index (χ1n) is 7.48. The average molecular weight is 245 g/mol. The Balaban J connectivity index is 2.04. The van der Waals surface area contributed by atoms with Crippen LogP contribution in [0, 0.1) is 18.8 Å². The zero-order chi connectivity index (χ0) is 13.0. The van der Waals surface area contributed by atoms with E-state index in [-0.39, 0.29) is 0 Å². The number of likely N-dealkylation sites (N-methyl/N-ethyl adjacent to an activating group) is 1. The van der Waals surface area contributed by atoms with E-state index >= 15 is 0 Å². The van der Waals surface area contributed by atoms with E-state index in [0.29, 0.717) is 6.04 Å². The minimum absolute atomic E-state index is 0.668. The van der Waals surface area contributed by atoms with Gasteiger partial charge in [-0.3, -0.25) is 0 Å². The molecule has 100 valence electrons. The summed E-state index contributed by atoms with van der Waals surface area (Å²) in [6.07, 6.45) is 5.42. The van der Waals surface area contributed by atoms with Gasteiger partial charge in [-0.05, 0) is 55.7 Å². The summed E-state index contributed by atoms with van der Waals surface area (Å²) in [6.45, 7) is 7.94. The molecule has 0 aromatic heterocycles. The van der Waals surface area contributed by atoms with E-state index in [9.17, 15) is 0 Å². The second-order valence-electron chi connectivity index (χ2n) is 5.97. The van der Waals surface area contributed by atoms with Crippen LogP contribution in [0.1, 0.15) is 44.2 Å². The predicted molar refractivity (Wildman–Crippen MR) is 78.9 cm³/mol. The number of hydrogen-bond acceptors (Lipinski definition) is 1. The van der Waals surface area contributed by atoms with E-state index < -0.39 is 0 Å². The maximum absolute atomic E-state index is 3.72. The number of aryl methyl sites for hydroxylation is 1. The molecule has 0 bridgehead atoms. The number of rotatable bonds is 5. The van der Waals surface area contributed by atoms with E-state index in [0.717, 1.165) is 18.4 Å². The van der Waals surface area contributed by atoms with Gasteiger partial charge in [-0.2, -0.15) is 0 Å². The van der Waals surface area contributed by atoms with E-state index in [1.165, 1.54) is 36.8 Å². The Hall–Kier alpha value is -0.820. The summed E-state index contributed by atoms with van der Waals surface area (Å²) in [6, 6.07) is 9.50. The molecule has 1 saturated carbocycles. The Morgan fingerprint density at radius 3 is 2.67 bits per heavy atom. The number of nitrogens with one attached hydrogen (secondary N) is 1. The standard InChI is InChI=1S/C17H27N/c1-4-18-17(16-10-9-13(2)11-16)12-15-8-6-5-7-14(15)3/h5-8,13,16-18H,4,9-12H2,1-3H3. The lowest BCUT2D eigenvalue weighted by Crippen LogP contribution is -2.37. The van der Waals surface area contributed by atoms with Gasteiger partial charge in [0.2, 0.25) is 0 Å². The Morgan fingerprint density at radius 1 is 1.28 bits per heavy atom. The van der Waals surface area contributed by atoms with Crippen LogP contribution in [-0.2, 0) is 6.42 Å². The van der Waals surface area contributed by atoms with Crippen LogP contribution in [0.25, 0.3) is 0 Å². The maximum atomic E-state index is 3.72. The van der Waals surface area contributed by atoms with Crippen molar-refractivity contribution in [1.82, 2.24) is 5.32 Å². The van der Waals surface area contributed by atoms with E-state index in [1.807, 2.05) is 0 Å². The SMILES string of the molecule is CCNC(Cc1ccccc1C)C1CCC(C)C1. The monoisotopic (exact) mass is 245 g/mol. The highest BCUT2D eigenvalue weighted by atomic mass is 14.9. The van der Waals surface area contributed by atoms with Crippen molar-refractivity contribution in [2.24, 2.45) is 11.8 Å². The molecule has 0 aliphatic heterocycles. The van der Waals surface area contributed by atoms with Gasteiger partial charge in [-0.1, -0.05) is 44.5 Å². The van der Waals surface area contributed by atoms with Crippen molar-refractivity contribution in [3.8, 4) is 0 Å². The summed E-state index contributed by atoms with van der Waals surface area (Å²) in [5, 5.41) is 3.72. The largest absolute Gasteiger partial charge is 0.314 e. The molecular weight excluding hydrogens is 218 g/mol. The summed E-state index contributed by atoms with van der Waals surface area (Å²) < 4.78 is 0. The fourth-order valence-electron chi connectivity index (χ4n) is 3.36. The summed E-state index contributed by atoms with van der Waals surface area (Å²) >= 11 is 0. The molecular formula is C17H27N. The summed E-state index contributed by atoms with van der Waals surface area (Å²) in [5.74, 6) is 1.80. The van der Waals surface area contributed by atoms with E-state index in [2.05, 4.69) is 50.4 Å². The fourth-order valence-corrected chi connectivity index (χ4v) is 3.36. The molecule has 1 aromatic carbocycles. The van der Waals surface area contributed by atoms with Crippen molar-refractivity contribution in [1.29, 1.82) is 0 Å². The zero-order valence-electron chi connectivity index (χ0n) is 12.1. The molecule has 0 spiro atoms. The molecule has 18 heavy (non-hydrogen) atoms. The lowest BCUT2D eigenvalue weighted by atomic mass is 9.90. The van der Waals surface area contributed by atoms with Crippen LogP contribution in [0.15, 0.2) is 24.3 Å². The summed E-state index contributed by atoms with van der Waals surface area (Å²) in [4.78, 5) is 0. The Bertz CT molecular complexity index is 372. The van der Waals surface area contributed by atoms with Crippen molar-refractivity contribution < 1.29 is 0 Å². The highest BCUT2D eigenvalue weighted by Crippen LogP contribution is 2.33. The molecule has 1 aliphatic rings. The molecule has 0 heterocycles. The van der Waals surface area contributed by atoms with Crippen LogP contribution in [0.5, 0.6) is 0 Å². The van der Waals surface area contributed by atoms with Crippen LogP contribution < -0.4 is 5.32 Å². The smallest absolute Gasteiger partial charge is 0.0136 e. The van der Waals surface area contributed by atoms with Crippen LogP contribution in [0.3, 0.4) is 0 Å². The van der Waals surface area contributed by atoms with Crippen LogP contribution in [0.2, 0.25) is 0 Å². The van der Waals surface area contributed by atoms with Gasteiger partial charge < -0.3 is 5.32 Å². The first kappa shape index (κ1) is 13.6. The summed E-state index contributed by atoms with van der Waals surface area (Å²) in [5.41, 5.74) is 2.95. The van der Waals surface area contributed by atoms with Crippen molar-refractivity contribution in [2.75, 3.05) is 6.54 Å². The minimum atomic E-state index is 0.668. The van der Waals surface area contributed by atoms with E-state index in [1.54, 1.807) is 0 Å². The average Bonchev–Trinajstić information content (AvgIpc) is 2.78. The molecule has 1 heteroatoms. The van der Waals surface area contributed by atoms with Crippen LogP contribution >= 0.6 is 0 Å². The van der Waals surface area contributed by atoms with Crippen molar-refractivity contribution in [3.05, 3.63) is 35.4 Å². The molecule has 3 atom stereocenters. The first-order chi connectivity index (χ1) is 8.70. The lowest BCUT2D eigenvalue weighted by Gasteiger charge is -2.25. The van der Waals surface area contributed by atoms with Crippen LogP contribution in [-0.4, -0.2) is 12.6 Å². The topological polar surface area (TPSA) is 12.0 Å². The Kier molecular flexibility index (Phi) is 4.82. The molecule has 0 radical (unpaired) electrons. The third-order valence-corrected chi connectivity index (χ3v) is 4.47. The Labute approximate surface area is 112 Å². The van der Waals surface area contributed by atoms with Crippen LogP contribution in [0.4, 0.5) is 0 Å². The van der Waals surface area contributed by atoms with Gasteiger partial charge in [0.1, 0.15) is 0 Å². The quantitative estimate of drug-likeness (QED) is 0.828. The second kappa shape index (κ2) is 6.38. The summed E-state index contributed by atoms with van der Waals surface area (Å²) in [7, 11) is 0. The molecule has 0 amide bonds. The normalized spacial score (nSPS) is 25.3. The fraction of sp³-hybridized carbons (Fsp3) is 0.647. The van der Waals surface area contributed by atoms with Gasteiger partial charge in [0.15, 0.2) is 0 Å². The van der Waals surface area contributed by atoms with Gasteiger partial charge in [0.25, 0.3) is 0 Å². The second-order valence-corrected chi connectivity index (χ2v) is 5.97. The molecule has 1 aliphatic carbocycles.